The molecular weight excluding hydrogens is 266 g/mol. The Morgan fingerprint density at radius 1 is 1.19 bits per heavy atom. The first-order valence-corrected chi connectivity index (χ1v) is 7.88. The first kappa shape index (κ1) is 15.8. The number of benzene rings is 1. The maximum Gasteiger partial charge on any atom is 0.256 e. The monoisotopic (exact) mass is 291 g/mol. The first-order chi connectivity index (χ1) is 10.2. The summed E-state index contributed by atoms with van der Waals surface area (Å²) in [6.07, 6.45) is 4.67. The number of carbonyl (C=O) groups is 1. The lowest BCUT2D eigenvalue weighted by Gasteiger charge is -2.28. The van der Waals surface area contributed by atoms with Crippen LogP contribution in [0.15, 0.2) is 24.3 Å². The van der Waals surface area contributed by atoms with E-state index >= 15 is 0 Å². The predicted molar refractivity (Wildman–Crippen MR) is 83.7 cm³/mol. The van der Waals surface area contributed by atoms with Gasteiger partial charge < -0.3 is 14.8 Å². The number of ether oxygens (including phenoxy) is 2. The van der Waals surface area contributed by atoms with Crippen LogP contribution in [0.25, 0.3) is 0 Å². The van der Waals surface area contributed by atoms with Gasteiger partial charge in [-0.1, -0.05) is 6.92 Å². The second-order valence-electron chi connectivity index (χ2n) is 5.46. The molecule has 1 N–H and O–H groups in total. The number of hydrogen-bond donors (Lipinski definition) is 1. The highest BCUT2D eigenvalue weighted by molar-refractivity contribution is 5.97. The number of amides is 1. The van der Waals surface area contributed by atoms with E-state index in [1.54, 1.807) is 0 Å². The predicted octanol–water partition coefficient (Wildman–Crippen LogP) is 3.76. The topological polar surface area (TPSA) is 47.6 Å². The minimum atomic E-state index is -0.630. The van der Waals surface area contributed by atoms with E-state index in [1.807, 2.05) is 31.2 Å². The van der Waals surface area contributed by atoms with E-state index in [1.165, 1.54) is 0 Å². The van der Waals surface area contributed by atoms with Crippen molar-refractivity contribution in [3.63, 3.8) is 0 Å². The van der Waals surface area contributed by atoms with Crippen LogP contribution in [0, 0.1) is 0 Å². The molecule has 0 saturated heterocycles. The zero-order chi connectivity index (χ0) is 15.1. The smallest absolute Gasteiger partial charge is 0.256 e. The lowest BCUT2D eigenvalue weighted by Crippen LogP contribution is -2.43. The first-order valence-electron chi connectivity index (χ1n) is 7.88. The summed E-state index contributed by atoms with van der Waals surface area (Å²) in [6.45, 7) is 5.29. The van der Waals surface area contributed by atoms with Gasteiger partial charge in [0.1, 0.15) is 11.4 Å². The second-order valence-corrected chi connectivity index (χ2v) is 5.46. The van der Waals surface area contributed by atoms with Gasteiger partial charge in [0.15, 0.2) is 0 Å². The van der Waals surface area contributed by atoms with Gasteiger partial charge in [-0.15, -0.1) is 0 Å². The van der Waals surface area contributed by atoms with Crippen LogP contribution in [0.3, 0.4) is 0 Å². The van der Waals surface area contributed by atoms with E-state index in [4.69, 9.17) is 9.47 Å². The Kier molecular flexibility index (Phi) is 5.62. The van der Waals surface area contributed by atoms with Gasteiger partial charge in [0.25, 0.3) is 5.91 Å². The van der Waals surface area contributed by atoms with Crippen molar-refractivity contribution in [2.45, 2.75) is 51.6 Å². The molecule has 1 aliphatic rings. The summed E-state index contributed by atoms with van der Waals surface area (Å²) >= 11 is 0. The molecule has 0 aromatic heterocycles. The summed E-state index contributed by atoms with van der Waals surface area (Å²) in [5.41, 5.74) is 0.157. The Labute approximate surface area is 126 Å². The van der Waals surface area contributed by atoms with Crippen molar-refractivity contribution in [2.24, 2.45) is 0 Å². The van der Waals surface area contributed by atoms with Gasteiger partial charge in [0.2, 0.25) is 0 Å². The quantitative estimate of drug-likeness (QED) is 0.832. The summed E-state index contributed by atoms with van der Waals surface area (Å²) in [5, 5.41) is 2.98. The molecule has 0 aliphatic heterocycles. The van der Waals surface area contributed by atoms with E-state index in [0.717, 1.165) is 43.5 Å². The molecule has 0 heterocycles. The molecular formula is C17H25NO3. The molecule has 0 radical (unpaired) electrons. The van der Waals surface area contributed by atoms with Gasteiger partial charge in [-0.25, -0.2) is 0 Å². The summed E-state index contributed by atoms with van der Waals surface area (Å²) in [6, 6.07) is 7.47. The van der Waals surface area contributed by atoms with E-state index in [2.05, 4.69) is 12.2 Å². The van der Waals surface area contributed by atoms with Crippen LogP contribution in [0.5, 0.6) is 5.75 Å². The molecule has 1 aromatic rings. The Morgan fingerprint density at radius 2 is 1.86 bits per heavy atom. The number of carbonyl (C=O) groups excluding carboxylic acids is 1. The number of rotatable bonds is 7. The van der Waals surface area contributed by atoms with Crippen LogP contribution in [-0.4, -0.2) is 24.7 Å². The Morgan fingerprint density at radius 3 is 2.43 bits per heavy atom. The summed E-state index contributed by atoms with van der Waals surface area (Å²) in [5.74, 6) is 0.797. The average molecular weight is 291 g/mol. The molecule has 0 bridgehead atoms. The number of anilines is 1. The Hall–Kier alpha value is -1.55. The molecule has 4 heteroatoms. The molecule has 4 nitrogen and oxygen atoms in total. The van der Waals surface area contributed by atoms with Crippen molar-refractivity contribution < 1.29 is 14.3 Å². The third kappa shape index (κ3) is 3.97. The van der Waals surface area contributed by atoms with Gasteiger partial charge in [-0.3, -0.25) is 4.79 Å². The SMILES string of the molecule is CCCOC1(C(=O)Nc2ccc(OCC)cc2)CCCC1. The van der Waals surface area contributed by atoms with Crippen molar-refractivity contribution in [2.75, 3.05) is 18.5 Å². The fourth-order valence-electron chi connectivity index (χ4n) is 2.73. The fourth-order valence-corrected chi connectivity index (χ4v) is 2.73. The van der Waals surface area contributed by atoms with Crippen LogP contribution >= 0.6 is 0 Å². The molecule has 1 saturated carbocycles. The lowest BCUT2D eigenvalue weighted by atomic mass is 10.0. The van der Waals surface area contributed by atoms with E-state index in [0.29, 0.717) is 13.2 Å². The van der Waals surface area contributed by atoms with Gasteiger partial charge in [-0.2, -0.15) is 0 Å². The van der Waals surface area contributed by atoms with Crippen LogP contribution in [0.2, 0.25) is 0 Å². The number of hydrogen-bond acceptors (Lipinski definition) is 3. The second kappa shape index (κ2) is 7.46. The molecule has 1 amide bonds. The van der Waals surface area contributed by atoms with Crippen molar-refractivity contribution in [3.8, 4) is 5.75 Å². The third-order valence-electron chi connectivity index (χ3n) is 3.83. The Bertz CT molecular complexity index is 450. The largest absolute Gasteiger partial charge is 0.494 e. The van der Waals surface area contributed by atoms with Crippen LogP contribution < -0.4 is 10.1 Å². The van der Waals surface area contributed by atoms with Crippen molar-refractivity contribution >= 4 is 11.6 Å². The molecule has 1 fully saturated rings. The normalized spacial score (nSPS) is 16.7. The maximum absolute atomic E-state index is 12.6. The minimum Gasteiger partial charge on any atom is -0.494 e. The summed E-state index contributed by atoms with van der Waals surface area (Å²) in [7, 11) is 0. The molecule has 0 unspecified atom stereocenters. The molecule has 2 rings (SSSR count). The molecule has 0 atom stereocenters. The molecule has 1 aromatic carbocycles. The van der Waals surface area contributed by atoms with E-state index < -0.39 is 5.60 Å². The van der Waals surface area contributed by atoms with Gasteiger partial charge in [0, 0.05) is 12.3 Å². The average Bonchev–Trinajstić information content (AvgIpc) is 2.97. The van der Waals surface area contributed by atoms with Crippen molar-refractivity contribution in [1.29, 1.82) is 0 Å². The Balaban J connectivity index is 2.01. The minimum absolute atomic E-state index is 0.0161. The highest BCUT2D eigenvalue weighted by Crippen LogP contribution is 2.34. The zero-order valence-electron chi connectivity index (χ0n) is 13.0. The highest BCUT2D eigenvalue weighted by atomic mass is 16.5. The van der Waals surface area contributed by atoms with Crippen molar-refractivity contribution in [1.82, 2.24) is 0 Å². The zero-order valence-corrected chi connectivity index (χ0v) is 13.0. The molecule has 21 heavy (non-hydrogen) atoms. The van der Waals surface area contributed by atoms with Gasteiger partial charge in [-0.05, 0) is 63.3 Å². The van der Waals surface area contributed by atoms with Crippen LogP contribution in [-0.2, 0) is 9.53 Å². The molecule has 116 valence electrons. The van der Waals surface area contributed by atoms with Crippen molar-refractivity contribution in [3.05, 3.63) is 24.3 Å². The highest BCUT2D eigenvalue weighted by Gasteiger charge is 2.42. The molecule has 0 spiro atoms. The van der Waals surface area contributed by atoms with Gasteiger partial charge in [0.05, 0.1) is 6.61 Å². The van der Waals surface area contributed by atoms with Gasteiger partial charge >= 0.3 is 0 Å². The standard InChI is InChI=1S/C17H25NO3/c1-3-13-21-17(11-5-6-12-17)16(19)18-14-7-9-15(10-8-14)20-4-2/h7-10H,3-6,11-13H2,1-2H3,(H,18,19). The van der Waals surface area contributed by atoms with Crippen LogP contribution in [0.4, 0.5) is 5.69 Å². The van der Waals surface area contributed by atoms with E-state index in [-0.39, 0.29) is 5.91 Å². The third-order valence-corrected chi connectivity index (χ3v) is 3.83. The van der Waals surface area contributed by atoms with Crippen LogP contribution in [0.1, 0.15) is 46.0 Å². The molecule has 1 aliphatic carbocycles. The summed E-state index contributed by atoms with van der Waals surface area (Å²) < 4.78 is 11.3. The lowest BCUT2D eigenvalue weighted by molar-refractivity contribution is -0.140. The maximum atomic E-state index is 12.6. The summed E-state index contributed by atoms with van der Waals surface area (Å²) in [4.78, 5) is 12.6. The fraction of sp³-hybridized carbons (Fsp3) is 0.588. The van der Waals surface area contributed by atoms with E-state index in [9.17, 15) is 4.79 Å². The number of nitrogens with one attached hydrogen (secondary N) is 1.